The van der Waals surface area contributed by atoms with Crippen molar-refractivity contribution in [3.8, 4) is 28.7 Å². The van der Waals surface area contributed by atoms with Crippen LogP contribution in [0.4, 0.5) is 5.69 Å². The van der Waals surface area contributed by atoms with Crippen molar-refractivity contribution in [3.63, 3.8) is 0 Å². The molecule has 0 fully saturated rings. The smallest absolute Gasteiger partial charge is 0.153 e. The summed E-state index contributed by atoms with van der Waals surface area (Å²) in [6, 6.07) is 28.0. The van der Waals surface area contributed by atoms with Gasteiger partial charge in [0.05, 0.1) is 17.2 Å². The zero-order valence-electron chi connectivity index (χ0n) is 19.1. The third-order valence-electron chi connectivity index (χ3n) is 5.68. The zero-order valence-corrected chi connectivity index (χ0v) is 19.1. The van der Waals surface area contributed by atoms with Crippen molar-refractivity contribution in [3.05, 3.63) is 118 Å². The van der Waals surface area contributed by atoms with Crippen LogP contribution in [0.25, 0.3) is 11.1 Å². The van der Waals surface area contributed by atoms with Gasteiger partial charge >= 0.3 is 0 Å². The SMILES string of the molecule is Cc1c(COc2cc(OCc3cccc(C#N)c3)c(C=O)cc2N=O)cccc1-c1ccccc1. The van der Waals surface area contributed by atoms with Gasteiger partial charge in [0.25, 0.3) is 0 Å². The predicted molar refractivity (Wildman–Crippen MR) is 134 cm³/mol. The van der Waals surface area contributed by atoms with Crippen molar-refractivity contribution >= 4 is 12.0 Å². The second kappa shape index (κ2) is 10.9. The molecule has 0 N–H and O–H groups in total. The highest BCUT2D eigenvalue weighted by Gasteiger charge is 2.15. The molecule has 0 aliphatic carbocycles. The number of aldehydes is 1. The Morgan fingerprint density at radius 2 is 1.66 bits per heavy atom. The topological polar surface area (TPSA) is 88.8 Å². The Labute approximate surface area is 203 Å². The minimum Gasteiger partial charge on any atom is -0.488 e. The highest BCUT2D eigenvalue weighted by atomic mass is 16.5. The molecule has 0 bridgehead atoms. The molecule has 0 saturated carbocycles. The zero-order chi connectivity index (χ0) is 24.6. The van der Waals surface area contributed by atoms with Crippen LogP contribution < -0.4 is 9.47 Å². The van der Waals surface area contributed by atoms with Gasteiger partial charge in [-0.05, 0) is 58.1 Å². The number of hydrogen-bond donors (Lipinski definition) is 0. The van der Waals surface area contributed by atoms with Gasteiger partial charge in [-0.15, -0.1) is 4.91 Å². The summed E-state index contributed by atoms with van der Waals surface area (Å²) in [7, 11) is 0. The van der Waals surface area contributed by atoms with Crippen LogP contribution in [-0.4, -0.2) is 6.29 Å². The van der Waals surface area contributed by atoms with Crippen molar-refractivity contribution < 1.29 is 14.3 Å². The minimum atomic E-state index is 0.0165. The van der Waals surface area contributed by atoms with E-state index in [9.17, 15) is 9.70 Å². The number of nitrogens with zero attached hydrogens (tertiary/aromatic N) is 2. The number of carbonyl (C=O) groups is 1. The molecule has 4 aromatic rings. The van der Waals surface area contributed by atoms with Crippen LogP contribution in [0, 0.1) is 23.2 Å². The van der Waals surface area contributed by atoms with Gasteiger partial charge in [0.1, 0.15) is 19.0 Å². The molecule has 0 atom stereocenters. The molecule has 0 unspecified atom stereocenters. The van der Waals surface area contributed by atoms with E-state index in [-0.39, 0.29) is 36.0 Å². The second-order valence-corrected chi connectivity index (χ2v) is 7.91. The summed E-state index contributed by atoms with van der Waals surface area (Å²) in [6.45, 7) is 2.38. The van der Waals surface area contributed by atoms with Crippen LogP contribution in [0.1, 0.15) is 32.6 Å². The number of rotatable bonds is 9. The first kappa shape index (κ1) is 23.4. The molecule has 6 heteroatoms. The molecular formula is C29H22N2O4. The maximum Gasteiger partial charge on any atom is 0.153 e. The lowest BCUT2D eigenvalue weighted by Crippen LogP contribution is -2.02. The van der Waals surface area contributed by atoms with E-state index in [0.29, 0.717) is 11.8 Å². The van der Waals surface area contributed by atoms with Crippen molar-refractivity contribution in [2.24, 2.45) is 5.18 Å². The number of ether oxygens (including phenoxy) is 2. The summed E-state index contributed by atoms with van der Waals surface area (Å²) in [6.07, 6.45) is 0.604. The molecule has 0 aromatic heterocycles. The molecule has 0 heterocycles. The molecule has 35 heavy (non-hydrogen) atoms. The van der Waals surface area contributed by atoms with E-state index in [1.165, 1.54) is 12.1 Å². The summed E-state index contributed by atoms with van der Waals surface area (Å²) in [5, 5.41) is 12.1. The van der Waals surface area contributed by atoms with Crippen LogP contribution >= 0.6 is 0 Å². The molecule has 4 aromatic carbocycles. The highest BCUT2D eigenvalue weighted by Crippen LogP contribution is 2.36. The fraction of sp³-hybridized carbons (Fsp3) is 0.103. The Balaban J connectivity index is 1.57. The Bertz CT molecular complexity index is 1410. The first-order chi connectivity index (χ1) is 17.1. The Morgan fingerprint density at radius 3 is 2.40 bits per heavy atom. The van der Waals surface area contributed by atoms with Crippen molar-refractivity contribution in [2.45, 2.75) is 20.1 Å². The van der Waals surface area contributed by atoms with Gasteiger partial charge in [-0.25, -0.2) is 0 Å². The molecule has 0 aliphatic rings. The van der Waals surface area contributed by atoms with E-state index in [2.05, 4.69) is 29.4 Å². The van der Waals surface area contributed by atoms with Gasteiger partial charge in [0.2, 0.25) is 0 Å². The maximum absolute atomic E-state index is 11.6. The Kier molecular flexibility index (Phi) is 7.29. The third kappa shape index (κ3) is 5.43. The normalized spacial score (nSPS) is 10.3. The minimum absolute atomic E-state index is 0.0165. The van der Waals surface area contributed by atoms with Crippen LogP contribution in [0.2, 0.25) is 0 Å². The van der Waals surface area contributed by atoms with Gasteiger partial charge in [0, 0.05) is 6.07 Å². The Hall–Kier alpha value is -4.76. The lowest BCUT2D eigenvalue weighted by molar-refractivity contribution is 0.111. The number of carbonyl (C=O) groups excluding carboxylic acids is 1. The highest BCUT2D eigenvalue weighted by molar-refractivity contribution is 5.82. The number of nitriles is 1. The van der Waals surface area contributed by atoms with E-state index in [1.54, 1.807) is 18.2 Å². The van der Waals surface area contributed by atoms with Crippen molar-refractivity contribution in [1.82, 2.24) is 0 Å². The average Bonchev–Trinajstić information content (AvgIpc) is 2.91. The molecule has 0 amide bonds. The lowest BCUT2D eigenvalue weighted by atomic mass is 9.97. The summed E-state index contributed by atoms with van der Waals surface area (Å²) < 4.78 is 11.8. The summed E-state index contributed by atoms with van der Waals surface area (Å²) in [5.74, 6) is 0.482. The first-order valence-corrected chi connectivity index (χ1v) is 11.0. The first-order valence-electron chi connectivity index (χ1n) is 11.0. The molecule has 6 nitrogen and oxygen atoms in total. The standard InChI is InChI=1S/C29H22N2O4/c1-20-24(11-6-12-26(20)23-9-3-2-4-10-23)19-35-29-15-28(25(17-32)14-27(29)31-33)34-18-22-8-5-7-21(13-22)16-30/h2-15,17H,18-19H2,1H3. The van der Waals surface area contributed by atoms with E-state index in [1.807, 2.05) is 43.3 Å². The largest absolute Gasteiger partial charge is 0.488 e. The van der Waals surface area contributed by atoms with E-state index in [0.717, 1.165) is 27.8 Å². The number of benzene rings is 4. The van der Waals surface area contributed by atoms with E-state index < -0.39 is 0 Å². The quantitative estimate of drug-likeness (QED) is 0.199. The summed E-state index contributed by atoms with van der Waals surface area (Å²) >= 11 is 0. The number of hydrogen-bond acceptors (Lipinski definition) is 6. The average molecular weight is 463 g/mol. The van der Waals surface area contributed by atoms with Gasteiger partial charge in [0.15, 0.2) is 17.7 Å². The third-order valence-corrected chi connectivity index (χ3v) is 5.68. The maximum atomic E-state index is 11.6. The van der Waals surface area contributed by atoms with E-state index in [4.69, 9.17) is 14.7 Å². The molecule has 0 radical (unpaired) electrons. The van der Waals surface area contributed by atoms with Gasteiger partial charge < -0.3 is 9.47 Å². The predicted octanol–water partition coefficient (Wildman–Crippen LogP) is 6.90. The summed E-state index contributed by atoms with van der Waals surface area (Å²) in [5.41, 5.74) is 5.71. The second-order valence-electron chi connectivity index (χ2n) is 7.91. The van der Waals surface area contributed by atoms with Crippen LogP contribution in [-0.2, 0) is 13.2 Å². The van der Waals surface area contributed by atoms with Gasteiger partial charge in [-0.2, -0.15) is 5.26 Å². The molecular weight excluding hydrogens is 440 g/mol. The fourth-order valence-electron chi connectivity index (χ4n) is 3.79. The van der Waals surface area contributed by atoms with Crippen molar-refractivity contribution in [1.29, 1.82) is 5.26 Å². The van der Waals surface area contributed by atoms with Crippen LogP contribution in [0.15, 0.2) is 90.1 Å². The molecule has 0 aliphatic heterocycles. The van der Waals surface area contributed by atoms with E-state index >= 15 is 0 Å². The molecule has 0 saturated heterocycles. The monoisotopic (exact) mass is 462 g/mol. The van der Waals surface area contributed by atoms with Crippen molar-refractivity contribution in [2.75, 3.05) is 0 Å². The molecule has 0 spiro atoms. The van der Waals surface area contributed by atoms with Gasteiger partial charge in [-0.1, -0.05) is 60.7 Å². The molecule has 4 rings (SSSR count). The fourth-order valence-corrected chi connectivity index (χ4v) is 3.79. The van der Waals surface area contributed by atoms with Crippen LogP contribution in [0.3, 0.4) is 0 Å². The van der Waals surface area contributed by atoms with Gasteiger partial charge in [-0.3, -0.25) is 4.79 Å². The summed E-state index contributed by atoms with van der Waals surface area (Å²) in [4.78, 5) is 23.1. The number of nitroso groups, excluding NO2 is 1. The molecule has 172 valence electrons. The lowest BCUT2D eigenvalue weighted by Gasteiger charge is -2.15. The Morgan fingerprint density at radius 1 is 0.886 bits per heavy atom. The van der Waals surface area contributed by atoms with Crippen LogP contribution in [0.5, 0.6) is 11.5 Å².